The number of fused-ring (bicyclic) bond motifs is 2. The number of aryl methyl sites for hydroxylation is 2. The van der Waals surface area contributed by atoms with Crippen LogP contribution in [0.4, 0.5) is 11.6 Å². The maximum absolute atomic E-state index is 4.17. The van der Waals surface area contributed by atoms with E-state index in [4.69, 9.17) is 0 Å². The van der Waals surface area contributed by atoms with Gasteiger partial charge in [0.2, 0.25) is 5.95 Å². The fraction of sp³-hybridized carbons (Fsp3) is 0.429. The molecule has 0 saturated carbocycles. The van der Waals surface area contributed by atoms with E-state index in [1.807, 2.05) is 0 Å². The van der Waals surface area contributed by atoms with Crippen LogP contribution in [0, 0.1) is 0 Å². The van der Waals surface area contributed by atoms with Crippen molar-refractivity contribution in [1.29, 1.82) is 0 Å². The largest absolute Gasteiger partial charge is 0.324 e. The summed E-state index contributed by atoms with van der Waals surface area (Å²) in [4.78, 5) is 3.04. The van der Waals surface area contributed by atoms with E-state index in [0.717, 1.165) is 0 Å². The van der Waals surface area contributed by atoms with Crippen LogP contribution in [0.25, 0.3) is 0 Å². The first-order chi connectivity index (χ1) is 9.31. The Labute approximate surface area is 117 Å². The van der Waals surface area contributed by atoms with E-state index in [2.05, 4.69) is 39.2 Å². The third-order valence-corrected chi connectivity index (χ3v) is 4.39. The molecule has 2 aliphatic carbocycles. The molecule has 5 heteroatoms. The van der Waals surface area contributed by atoms with Gasteiger partial charge in [-0.25, -0.2) is 0 Å². The predicted octanol–water partition coefficient (Wildman–Crippen LogP) is 2.81. The SMILES string of the molecule is Sc1nnc(Nc2c3c(cc4c2CCC4)CCC3)[nH]1. The van der Waals surface area contributed by atoms with Gasteiger partial charge in [-0.2, -0.15) is 0 Å². The molecule has 0 unspecified atom stereocenters. The average molecular weight is 272 g/mol. The third-order valence-electron chi connectivity index (χ3n) is 4.19. The Morgan fingerprint density at radius 3 is 2.26 bits per heavy atom. The molecule has 0 saturated heterocycles. The maximum atomic E-state index is 4.17. The lowest BCUT2D eigenvalue weighted by Gasteiger charge is -2.15. The summed E-state index contributed by atoms with van der Waals surface area (Å²) in [5, 5.41) is 12.0. The Kier molecular flexibility index (Phi) is 2.55. The Morgan fingerprint density at radius 1 is 1.00 bits per heavy atom. The fourth-order valence-corrected chi connectivity index (χ4v) is 3.55. The van der Waals surface area contributed by atoms with E-state index in [0.29, 0.717) is 11.1 Å². The number of nitrogens with zero attached hydrogens (tertiary/aromatic N) is 2. The molecule has 4 nitrogen and oxygen atoms in total. The number of thiol groups is 1. The molecule has 0 spiro atoms. The molecule has 1 aromatic carbocycles. The molecule has 98 valence electrons. The molecule has 2 N–H and O–H groups in total. The minimum absolute atomic E-state index is 0.548. The lowest BCUT2D eigenvalue weighted by Crippen LogP contribution is -2.02. The average Bonchev–Trinajstić information content (AvgIpc) is 3.08. The highest BCUT2D eigenvalue weighted by molar-refractivity contribution is 7.80. The zero-order chi connectivity index (χ0) is 12.8. The van der Waals surface area contributed by atoms with Gasteiger partial charge >= 0.3 is 0 Å². The van der Waals surface area contributed by atoms with Crippen LogP contribution in [0.1, 0.15) is 35.1 Å². The van der Waals surface area contributed by atoms with Gasteiger partial charge in [-0.1, -0.05) is 6.07 Å². The van der Waals surface area contributed by atoms with Gasteiger partial charge in [-0.15, -0.1) is 22.8 Å². The zero-order valence-electron chi connectivity index (χ0n) is 10.7. The van der Waals surface area contributed by atoms with Crippen molar-refractivity contribution in [2.75, 3.05) is 5.32 Å². The van der Waals surface area contributed by atoms with Gasteiger partial charge in [0.15, 0.2) is 5.16 Å². The number of aromatic nitrogens is 3. The van der Waals surface area contributed by atoms with Crippen molar-refractivity contribution >= 4 is 24.3 Å². The smallest absolute Gasteiger partial charge is 0.227 e. The Morgan fingerprint density at radius 2 is 1.68 bits per heavy atom. The van der Waals surface area contributed by atoms with E-state index in [9.17, 15) is 0 Å². The number of rotatable bonds is 2. The molecule has 2 aromatic rings. The highest BCUT2D eigenvalue weighted by Crippen LogP contribution is 2.39. The molecule has 1 heterocycles. The van der Waals surface area contributed by atoms with Crippen molar-refractivity contribution < 1.29 is 0 Å². The van der Waals surface area contributed by atoms with Gasteiger partial charge in [0, 0.05) is 5.69 Å². The van der Waals surface area contributed by atoms with Gasteiger partial charge in [0.1, 0.15) is 0 Å². The normalized spacial score (nSPS) is 16.5. The first kappa shape index (κ1) is 11.3. The van der Waals surface area contributed by atoms with E-state index in [1.54, 1.807) is 0 Å². The molecule has 0 atom stereocenters. The minimum Gasteiger partial charge on any atom is -0.324 e. The van der Waals surface area contributed by atoms with E-state index in [-0.39, 0.29) is 0 Å². The number of hydrogen-bond acceptors (Lipinski definition) is 4. The van der Waals surface area contributed by atoms with Crippen molar-refractivity contribution in [2.45, 2.75) is 43.7 Å². The van der Waals surface area contributed by atoms with Crippen molar-refractivity contribution in [1.82, 2.24) is 15.2 Å². The summed E-state index contributed by atoms with van der Waals surface area (Å²) >= 11 is 4.17. The molecular weight excluding hydrogens is 256 g/mol. The second-order valence-electron chi connectivity index (χ2n) is 5.36. The van der Waals surface area contributed by atoms with Gasteiger partial charge in [0.05, 0.1) is 0 Å². The van der Waals surface area contributed by atoms with Crippen LogP contribution in [0.3, 0.4) is 0 Å². The number of hydrogen-bond donors (Lipinski definition) is 3. The van der Waals surface area contributed by atoms with Crippen LogP contribution in [-0.4, -0.2) is 15.2 Å². The summed E-state index contributed by atoms with van der Waals surface area (Å²) in [5.41, 5.74) is 7.30. The van der Waals surface area contributed by atoms with Crippen LogP contribution >= 0.6 is 12.6 Å². The molecule has 4 rings (SSSR count). The topological polar surface area (TPSA) is 53.6 Å². The number of anilines is 2. The number of benzene rings is 1. The predicted molar refractivity (Wildman–Crippen MR) is 77.4 cm³/mol. The lowest BCUT2D eigenvalue weighted by molar-refractivity contribution is 0.898. The van der Waals surface area contributed by atoms with Gasteiger partial charge in [0.25, 0.3) is 0 Å². The highest BCUT2D eigenvalue weighted by atomic mass is 32.1. The van der Waals surface area contributed by atoms with E-state index in [1.165, 1.54) is 66.5 Å². The van der Waals surface area contributed by atoms with Gasteiger partial charge in [-0.05, 0) is 60.8 Å². The number of nitrogens with one attached hydrogen (secondary N) is 2. The van der Waals surface area contributed by atoms with Crippen molar-refractivity contribution in [3.05, 3.63) is 28.3 Å². The Bertz CT molecular complexity index is 615. The van der Waals surface area contributed by atoms with Crippen LogP contribution in [0.2, 0.25) is 0 Å². The molecule has 0 aliphatic heterocycles. The Balaban J connectivity index is 1.82. The summed E-state index contributed by atoms with van der Waals surface area (Å²) < 4.78 is 0. The summed E-state index contributed by atoms with van der Waals surface area (Å²) in [7, 11) is 0. The fourth-order valence-electron chi connectivity index (χ4n) is 3.40. The third kappa shape index (κ3) is 1.84. The summed E-state index contributed by atoms with van der Waals surface area (Å²) in [5.74, 6) is 0.694. The highest BCUT2D eigenvalue weighted by Gasteiger charge is 2.24. The Hall–Kier alpha value is -1.49. The zero-order valence-corrected chi connectivity index (χ0v) is 11.6. The van der Waals surface area contributed by atoms with E-state index >= 15 is 0 Å². The quantitative estimate of drug-likeness (QED) is 0.737. The number of H-pyrrole nitrogens is 1. The minimum atomic E-state index is 0.548. The van der Waals surface area contributed by atoms with Crippen LogP contribution in [-0.2, 0) is 25.7 Å². The lowest BCUT2D eigenvalue weighted by atomic mass is 9.99. The molecule has 0 bridgehead atoms. The molecule has 0 fully saturated rings. The molecule has 2 aliphatic rings. The van der Waals surface area contributed by atoms with Crippen molar-refractivity contribution in [3.63, 3.8) is 0 Å². The first-order valence-electron chi connectivity index (χ1n) is 6.86. The standard InChI is InChI=1S/C14H16N4S/c19-14-16-13(17-18-14)15-12-10-5-1-3-8(10)7-9-4-2-6-11(9)12/h7H,1-6H2,(H3,15,16,17,18,19). The van der Waals surface area contributed by atoms with Crippen LogP contribution in [0.15, 0.2) is 11.2 Å². The van der Waals surface area contributed by atoms with Crippen molar-refractivity contribution in [3.8, 4) is 0 Å². The first-order valence-corrected chi connectivity index (χ1v) is 7.31. The maximum Gasteiger partial charge on any atom is 0.227 e. The molecule has 1 aromatic heterocycles. The van der Waals surface area contributed by atoms with Crippen molar-refractivity contribution in [2.24, 2.45) is 0 Å². The molecule has 0 radical (unpaired) electrons. The summed E-state index contributed by atoms with van der Waals surface area (Å²) in [6.45, 7) is 0. The van der Waals surface area contributed by atoms with E-state index < -0.39 is 0 Å². The molecular formula is C14H16N4S. The number of aromatic amines is 1. The monoisotopic (exact) mass is 272 g/mol. The van der Waals surface area contributed by atoms with Gasteiger partial charge in [-0.3, -0.25) is 0 Å². The van der Waals surface area contributed by atoms with Crippen LogP contribution in [0.5, 0.6) is 0 Å². The second kappa shape index (κ2) is 4.27. The molecule has 0 amide bonds. The van der Waals surface area contributed by atoms with Gasteiger partial charge < -0.3 is 10.3 Å². The molecule has 19 heavy (non-hydrogen) atoms. The summed E-state index contributed by atoms with van der Waals surface area (Å²) in [6, 6.07) is 2.43. The van der Waals surface area contributed by atoms with Crippen LogP contribution < -0.4 is 5.32 Å². The summed E-state index contributed by atoms with van der Waals surface area (Å²) in [6.07, 6.45) is 7.30. The second-order valence-corrected chi connectivity index (χ2v) is 5.78.